The number of rotatable bonds is 14. The normalized spacial score (nSPS) is 17.7. The zero-order valence-electron chi connectivity index (χ0n) is 21.6. The lowest BCUT2D eigenvalue weighted by molar-refractivity contribution is -0.156. The lowest BCUT2D eigenvalue weighted by atomic mass is 9.94. The van der Waals surface area contributed by atoms with Gasteiger partial charge in [-0.05, 0) is 32.4 Å². The van der Waals surface area contributed by atoms with Gasteiger partial charge in [-0.25, -0.2) is 0 Å². The van der Waals surface area contributed by atoms with Gasteiger partial charge in [-0.3, -0.25) is 24.2 Å². The summed E-state index contributed by atoms with van der Waals surface area (Å²) >= 11 is 0. The van der Waals surface area contributed by atoms with E-state index < -0.39 is 11.5 Å². The second kappa shape index (κ2) is 14.5. The Kier molecular flexibility index (Phi) is 11.7. The van der Waals surface area contributed by atoms with Crippen LogP contribution in [0.1, 0.15) is 51.6 Å². The summed E-state index contributed by atoms with van der Waals surface area (Å²) in [4.78, 5) is 54.1. The number of pyridine rings is 1. The quantitative estimate of drug-likeness (QED) is 0.282. The summed E-state index contributed by atoms with van der Waals surface area (Å²) in [7, 11) is 1.68. The van der Waals surface area contributed by atoms with E-state index >= 15 is 0 Å². The molecule has 2 rings (SSSR count). The number of nitrogens with zero attached hydrogens (tertiary/aromatic N) is 2. The Morgan fingerprint density at radius 3 is 2.44 bits per heavy atom. The second-order valence-corrected chi connectivity index (χ2v) is 9.50. The molecule has 0 spiro atoms. The highest BCUT2D eigenvalue weighted by Crippen LogP contribution is 2.36. The number of ether oxygens (including phenoxy) is 3. The first kappa shape index (κ1) is 29.2. The van der Waals surface area contributed by atoms with E-state index in [1.807, 2.05) is 26.8 Å². The van der Waals surface area contributed by atoms with Crippen LogP contribution < -0.4 is 10.6 Å². The van der Waals surface area contributed by atoms with E-state index in [0.717, 1.165) is 5.56 Å². The molecule has 36 heavy (non-hydrogen) atoms. The molecular formula is C25H38N4O7. The highest BCUT2D eigenvalue weighted by Gasteiger charge is 2.42. The topological polar surface area (TPSA) is 136 Å². The van der Waals surface area contributed by atoms with Crippen molar-refractivity contribution in [2.45, 2.75) is 51.7 Å². The van der Waals surface area contributed by atoms with Crippen LogP contribution >= 0.6 is 0 Å². The Hall–Kier alpha value is -3.05. The summed E-state index contributed by atoms with van der Waals surface area (Å²) in [6.45, 7) is 7.19. The Bertz CT molecular complexity index is 873. The number of nitrogens with one attached hydrogen (secondary N) is 2. The van der Waals surface area contributed by atoms with Crippen molar-refractivity contribution in [1.29, 1.82) is 0 Å². The number of amides is 3. The Labute approximate surface area is 212 Å². The summed E-state index contributed by atoms with van der Waals surface area (Å²) in [6.07, 6.45) is 3.72. The van der Waals surface area contributed by atoms with Crippen molar-refractivity contribution >= 4 is 23.7 Å². The van der Waals surface area contributed by atoms with Gasteiger partial charge in [-0.15, -0.1) is 0 Å². The molecule has 1 aromatic rings. The predicted molar refractivity (Wildman–Crippen MR) is 131 cm³/mol. The summed E-state index contributed by atoms with van der Waals surface area (Å²) in [5, 5.41) is 5.49. The van der Waals surface area contributed by atoms with Crippen molar-refractivity contribution in [3.63, 3.8) is 0 Å². The molecule has 1 fully saturated rings. The first-order valence-electron chi connectivity index (χ1n) is 12.2. The maximum absolute atomic E-state index is 12.7. The lowest BCUT2D eigenvalue weighted by Gasteiger charge is -2.24. The molecular weight excluding hydrogens is 468 g/mol. The van der Waals surface area contributed by atoms with Crippen molar-refractivity contribution < 1.29 is 33.4 Å². The number of esters is 1. The average Bonchev–Trinajstić information content (AvgIpc) is 3.11. The maximum Gasteiger partial charge on any atom is 0.308 e. The molecule has 1 aliphatic heterocycles. The summed E-state index contributed by atoms with van der Waals surface area (Å²) in [5.41, 5.74) is 0.296. The van der Waals surface area contributed by atoms with E-state index in [1.54, 1.807) is 30.4 Å². The molecule has 2 N–H and O–H groups in total. The fraction of sp³-hybridized carbons (Fsp3) is 0.640. The highest BCUT2D eigenvalue weighted by molar-refractivity contribution is 5.90. The van der Waals surface area contributed by atoms with Crippen molar-refractivity contribution in [2.75, 3.05) is 46.6 Å². The first-order chi connectivity index (χ1) is 17.1. The molecule has 0 aliphatic carbocycles. The molecule has 11 nitrogen and oxygen atoms in total. The Morgan fingerprint density at radius 1 is 1.06 bits per heavy atom. The molecule has 200 valence electrons. The molecule has 2 heterocycles. The molecule has 2 atom stereocenters. The van der Waals surface area contributed by atoms with Gasteiger partial charge in [0.1, 0.15) is 5.60 Å². The summed E-state index contributed by atoms with van der Waals surface area (Å²) in [6, 6.07) is 3.24. The van der Waals surface area contributed by atoms with E-state index in [4.69, 9.17) is 14.2 Å². The number of aromatic nitrogens is 1. The van der Waals surface area contributed by atoms with Crippen LogP contribution in [-0.2, 0) is 33.4 Å². The fourth-order valence-corrected chi connectivity index (χ4v) is 3.76. The highest BCUT2D eigenvalue weighted by atomic mass is 16.6. The molecule has 0 bridgehead atoms. The molecule has 3 amide bonds. The molecule has 11 heteroatoms. The predicted octanol–water partition coefficient (Wildman–Crippen LogP) is 0.989. The van der Waals surface area contributed by atoms with Crippen molar-refractivity contribution in [2.24, 2.45) is 5.92 Å². The molecule has 0 radical (unpaired) electrons. The minimum Gasteiger partial charge on any atom is -0.460 e. The minimum absolute atomic E-state index is 0.102. The third-order valence-electron chi connectivity index (χ3n) is 5.41. The van der Waals surface area contributed by atoms with Crippen LogP contribution in [0.25, 0.3) is 0 Å². The van der Waals surface area contributed by atoms with E-state index in [9.17, 15) is 19.2 Å². The van der Waals surface area contributed by atoms with Crippen LogP contribution in [0.15, 0.2) is 24.5 Å². The molecule has 0 unspecified atom stereocenters. The molecule has 0 saturated carbocycles. The zero-order valence-corrected chi connectivity index (χ0v) is 21.6. The van der Waals surface area contributed by atoms with Crippen LogP contribution in [0, 0.1) is 5.92 Å². The van der Waals surface area contributed by atoms with Gasteiger partial charge in [0, 0.05) is 45.4 Å². The first-order valence-corrected chi connectivity index (χ1v) is 12.2. The van der Waals surface area contributed by atoms with Crippen molar-refractivity contribution in [1.82, 2.24) is 20.5 Å². The van der Waals surface area contributed by atoms with Crippen LogP contribution in [0.2, 0.25) is 0 Å². The van der Waals surface area contributed by atoms with Crippen LogP contribution in [0.5, 0.6) is 0 Å². The minimum atomic E-state index is -0.533. The third kappa shape index (κ3) is 10.3. The van der Waals surface area contributed by atoms with Gasteiger partial charge in [0.15, 0.2) is 0 Å². The van der Waals surface area contributed by atoms with Gasteiger partial charge in [-0.1, -0.05) is 6.07 Å². The van der Waals surface area contributed by atoms with Crippen LogP contribution in [0.4, 0.5) is 0 Å². The lowest BCUT2D eigenvalue weighted by Crippen LogP contribution is -2.37. The van der Waals surface area contributed by atoms with Crippen molar-refractivity contribution in [3.8, 4) is 0 Å². The number of likely N-dealkylation sites (tertiary alicyclic amines) is 1. The zero-order chi connectivity index (χ0) is 26.6. The summed E-state index contributed by atoms with van der Waals surface area (Å²) < 4.78 is 15.9. The molecule has 1 aromatic heterocycles. The van der Waals surface area contributed by atoms with Gasteiger partial charge in [0.05, 0.1) is 44.8 Å². The SMILES string of the molecule is CN1C(=O)C[C@H](C(=O)NCCC(=O)NCCOCCOCCC(=O)OC(C)(C)C)[C@H]1c1cccnc1. The van der Waals surface area contributed by atoms with Crippen molar-refractivity contribution in [3.05, 3.63) is 30.1 Å². The summed E-state index contributed by atoms with van der Waals surface area (Å²) in [5.74, 6) is -1.41. The van der Waals surface area contributed by atoms with E-state index in [2.05, 4.69) is 15.6 Å². The van der Waals surface area contributed by atoms with Gasteiger partial charge >= 0.3 is 5.97 Å². The maximum atomic E-state index is 12.7. The number of hydrogen-bond donors (Lipinski definition) is 2. The largest absolute Gasteiger partial charge is 0.460 e. The van der Waals surface area contributed by atoms with E-state index in [-0.39, 0.29) is 62.1 Å². The number of carbonyl (C=O) groups is 4. The number of carbonyl (C=O) groups excluding carboxylic acids is 4. The van der Waals surface area contributed by atoms with Gasteiger partial charge in [-0.2, -0.15) is 0 Å². The van der Waals surface area contributed by atoms with E-state index in [1.165, 1.54) is 0 Å². The fourth-order valence-electron chi connectivity index (χ4n) is 3.76. The van der Waals surface area contributed by atoms with Gasteiger partial charge in [0.2, 0.25) is 17.7 Å². The second-order valence-electron chi connectivity index (χ2n) is 9.50. The van der Waals surface area contributed by atoms with Gasteiger partial charge in [0.25, 0.3) is 0 Å². The monoisotopic (exact) mass is 506 g/mol. The Balaban J connectivity index is 1.53. The molecule has 1 saturated heterocycles. The van der Waals surface area contributed by atoms with Crippen LogP contribution in [0.3, 0.4) is 0 Å². The van der Waals surface area contributed by atoms with Crippen LogP contribution in [-0.4, -0.2) is 85.7 Å². The van der Waals surface area contributed by atoms with Gasteiger partial charge < -0.3 is 29.7 Å². The average molecular weight is 507 g/mol. The van der Waals surface area contributed by atoms with E-state index in [0.29, 0.717) is 26.4 Å². The molecule has 0 aromatic carbocycles. The number of hydrogen-bond acceptors (Lipinski definition) is 8. The Morgan fingerprint density at radius 2 is 1.78 bits per heavy atom. The standard InChI is InChI=1S/C25H38N4O7/c1-25(2,3)36-22(32)8-12-34-14-15-35-13-11-27-20(30)7-10-28-24(33)19-16-21(31)29(4)23(19)18-6-5-9-26-17-18/h5-6,9,17,19,23H,7-8,10-16H2,1-4H3,(H,27,30)(H,28,33)/t19-,23+/m0/s1. The third-order valence-corrected chi connectivity index (χ3v) is 5.41. The molecule has 1 aliphatic rings. The smallest absolute Gasteiger partial charge is 0.308 e.